The second-order valence-corrected chi connectivity index (χ2v) is 21.4. The molecule has 1 saturated heterocycles. The predicted molar refractivity (Wildman–Crippen MR) is 252 cm³/mol. The van der Waals surface area contributed by atoms with Crippen LogP contribution in [0.3, 0.4) is 0 Å². The summed E-state index contributed by atoms with van der Waals surface area (Å²) in [4.78, 5) is 45.7. The van der Waals surface area contributed by atoms with Gasteiger partial charge in [-0.05, 0) is 110 Å². The van der Waals surface area contributed by atoms with Crippen LogP contribution in [0, 0.1) is 0 Å². The summed E-state index contributed by atoms with van der Waals surface area (Å²) in [5.41, 5.74) is 6.77. The highest BCUT2D eigenvalue weighted by atomic mass is 32.2. The maximum Gasteiger partial charge on any atom is 0.333 e. The van der Waals surface area contributed by atoms with E-state index < -0.39 is 43.4 Å². The van der Waals surface area contributed by atoms with Crippen LogP contribution in [0.2, 0.25) is 0 Å². The molecule has 66 heavy (non-hydrogen) atoms. The number of hydroxylamine groups is 2. The van der Waals surface area contributed by atoms with Crippen molar-refractivity contribution in [1.82, 2.24) is 5.06 Å². The van der Waals surface area contributed by atoms with E-state index in [1.165, 1.54) is 29.8 Å². The van der Waals surface area contributed by atoms with E-state index in [9.17, 15) is 40.3 Å². The van der Waals surface area contributed by atoms with Gasteiger partial charge in [0.25, 0.3) is 32.1 Å². The maximum atomic E-state index is 12.5. The molecule has 0 aromatic heterocycles. The van der Waals surface area contributed by atoms with Crippen LogP contribution in [-0.4, -0.2) is 73.7 Å². The van der Waals surface area contributed by atoms with E-state index in [0.29, 0.717) is 61.8 Å². The third kappa shape index (κ3) is 10.8. The molecule has 16 heteroatoms. The summed E-state index contributed by atoms with van der Waals surface area (Å²) >= 11 is 0. The number of amides is 2. The molecule has 0 bridgehead atoms. The molecule has 0 radical (unpaired) electrons. The Labute approximate surface area is 388 Å². The SMILES string of the molecule is CC1(C)/C(=C\C=C2/CCCC(/C=C/C3N(CCCCCC(=O)ON4C(=O)CCC4=O)c4ccccc4C3(C)C)=C2Oc2ccc(S(=O)(=O)O)cc2)N(CCCCS(=O)(=O)O)c2ccccc21. The second kappa shape index (κ2) is 19.7. The second-order valence-electron chi connectivity index (χ2n) is 18.4. The van der Waals surface area contributed by atoms with Crippen molar-refractivity contribution >= 4 is 49.4 Å². The van der Waals surface area contributed by atoms with Crippen LogP contribution in [0.25, 0.3) is 0 Å². The standard InChI is InChI=1S/C50H59N3O11S2/c1-49(2)39-17-7-9-19-41(39)51(32-11-5-6-21-47(56)64-53-45(54)30-31-46(53)55)43(49)28-22-35-15-14-16-36(48(35)63-37-24-26-38(27-25-37)66(60,61)62)23-29-44-50(3,4)40-18-8-10-20-42(40)52(44)33-12-13-34-65(57,58)59/h7-10,17-20,22-29,43H,5-6,11-16,21,30-34H2,1-4H3,(H,57,58,59)(H,60,61,62)/b28-22+,36-23+,44-29+. The highest BCUT2D eigenvalue weighted by Crippen LogP contribution is 2.49. The van der Waals surface area contributed by atoms with E-state index in [1.54, 1.807) is 0 Å². The van der Waals surface area contributed by atoms with Gasteiger partial charge in [-0.1, -0.05) is 88.7 Å². The fraction of sp³-hybridized carbons (Fsp3) is 0.420. The molecule has 14 nitrogen and oxygen atoms in total. The number of nitrogens with zero attached hydrogens (tertiary/aromatic N) is 3. The first-order chi connectivity index (χ1) is 31.3. The van der Waals surface area contributed by atoms with Gasteiger partial charge in [0, 0.05) is 60.3 Å². The van der Waals surface area contributed by atoms with Gasteiger partial charge in [-0.3, -0.25) is 18.7 Å². The normalized spacial score (nSPS) is 20.5. The molecule has 3 aromatic rings. The van der Waals surface area contributed by atoms with Crippen molar-refractivity contribution in [3.8, 4) is 5.75 Å². The fourth-order valence-electron chi connectivity index (χ4n) is 9.58. The number of unbranched alkanes of at least 4 members (excludes halogenated alkanes) is 3. The van der Waals surface area contributed by atoms with Crippen LogP contribution in [0.15, 0.2) is 125 Å². The van der Waals surface area contributed by atoms with Crippen molar-refractivity contribution in [2.24, 2.45) is 0 Å². The lowest BCUT2D eigenvalue weighted by Gasteiger charge is -2.33. The number of rotatable bonds is 18. The minimum Gasteiger partial charge on any atom is -0.457 e. The number of ether oxygens (including phenoxy) is 1. The van der Waals surface area contributed by atoms with Crippen LogP contribution in [-0.2, 0) is 50.3 Å². The van der Waals surface area contributed by atoms with Crippen LogP contribution < -0.4 is 14.5 Å². The van der Waals surface area contributed by atoms with Crippen molar-refractivity contribution in [3.05, 3.63) is 131 Å². The number of hydrogen-bond acceptors (Lipinski definition) is 11. The number of imide groups is 1. The minimum atomic E-state index is -4.42. The molecule has 3 aliphatic heterocycles. The molecular weight excluding hydrogens is 883 g/mol. The van der Waals surface area contributed by atoms with Crippen molar-refractivity contribution in [3.63, 3.8) is 0 Å². The molecule has 1 unspecified atom stereocenters. The van der Waals surface area contributed by atoms with E-state index in [0.717, 1.165) is 53.0 Å². The van der Waals surface area contributed by atoms with Gasteiger partial charge in [-0.15, -0.1) is 5.06 Å². The van der Waals surface area contributed by atoms with Gasteiger partial charge in [-0.2, -0.15) is 16.8 Å². The average Bonchev–Trinajstić information content (AvgIpc) is 3.78. The number of para-hydroxylation sites is 2. The number of anilines is 2. The quantitative estimate of drug-likeness (QED) is 0.0700. The molecule has 0 saturated carbocycles. The van der Waals surface area contributed by atoms with E-state index in [4.69, 9.17) is 9.57 Å². The van der Waals surface area contributed by atoms with Gasteiger partial charge in [0.15, 0.2) is 0 Å². The van der Waals surface area contributed by atoms with Gasteiger partial charge in [-0.25, -0.2) is 4.79 Å². The van der Waals surface area contributed by atoms with Gasteiger partial charge in [0.2, 0.25) is 0 Å². The Morgan fingerprint density at radius 3 is 2.09 bits per heavy atom. The highest BCUT2D eigenvalue weighted by Gasteiger charge is 2.43. The lowest BCUT2D eigenvalue weighted by molar-refractivity contribution is -0.197. The number of fused-ring (bicyclic) bond motifs is 2. The fourth-order valence-corrected chi connectivity index (χ4v) is 10.6. The third-order valence-electron chi connectivity index (χ3n) is 13.0. The Morgan fingerprint density at radius 1 is 0.758 bits per heavy atom. The number of carbonyl (C=O) groups is 3. The van der Waals surface area contributed by atoms with Crippen LogP contribution in [0.1, 0.15) is 109 Å². The molecule has 2 N–H and O–H groups in total. The van der Waals surface area contributed by atoms with Gasteiger partial charge in [0.05, 0.1) is 16.7 Å². The number of hydrogen-bond donors (Lipinski definition) is 2. The Morgan fingerprint density at radius 2 is 1.41 bits per heavy atom. The molecule has 2 amide bonds. The van der Waals surface area contributed by atoms with Gasteiger partial charge < -0.3 is 19.4 Å². The maximum absolute atomic E-state index is 12.5. The summed E-state index contributed by atoms with van der Waals surface area (Å²) in [5, 5.41) is 0.585. The van der Waals surface area contributed by atoms with Crippen molar-refractivity contribution in [2.45, 2.75) is 120 Å². The first-order valence-corrected chi connectivity index (χ1v) is 25.6. The zero-order valence-electron chi connectivity index (χ0n) is 37.9. The first kappa shape index (κ1) is 48.4. The molecule has 4 aliphatic rings. The first-order valence-electron chi connectivity index (χ1n) is 22.6. The Bertz CT molecular complexity index is 2690. The highest BCUT2D eigenvalue weighted by molar-refractivity contribution is 7.86. The summed E-state index contributed by atoms with van der Waals surface area (Å²) in [6, 6.07) is 22.1. The van der Waals surface area contributed by atoms with E-state index >= 15 is 0 Å². The number of carbonyl (C=O) groups excluding carboxylic acids is 3. The summed E-state index contributed by atoms with van der Waals surface area (Å²) in [7, 11) is -8.50. The molecule has 7 rings (SSSR count). The van der Waals surface area contributed by atoms with Crippen LogP contribution >= 0.6 is 0 Å². The minimum absolute atomic E-state index is 0.0466. The monoisotopic (exact) mass is 941 g/mol. The smallest absolute Gasteiger partial charge is 0.333 e. The van der Waals surface area contributed by atoms with Crippen molar-refractivity contribution < 1.29 is 49.9 Å². The third-order valence-corrected chi connectivity index (χ3v) is 14.7. The Kier molecular flexibility index (Phi) is 14.5. The molecule has 1 atom stereocenters. The topological polar surface area (TPSA) is 188 Å². The lowest BCUT2D eigenvalue weighted by atomic mass is 9.80. The summed E-state index contributed by atoms with van der Waals surface area (Å²) in [5.74, 6) is -0.867. The zero-order chi connectivity index (χ0) is 47.4. The Hall–Kier alpha value is -5.55. The van der Waals surface area contributed by atoms with Gasteiger partial charge >= 0.3 is 5.97 Å². The molecule has 1 aliphatic carbocycles. The molecule has 0 spiro atoms. The molecule has 3 heterocycles. The van der Waals surface area contributed by atoms with E-state index in [-0.39, 0.29) is 41.4 Å². The van der Waals surface area contributed by atoms with Crippen LogP contribution in [0.4, 0.5) is 11.4 Å². The van der Waals surface area contributed by atoms with Crippen LogP contribution in [0.5, 0.6) is 5.75 Å². The average molecular weight is 942 g/mol. The molecular formula is C50H59N3O11S2. The van der Waals surface area contributed by atoms with Gasteiger partial charge in [0.1, 0.15) is 11.5 Å². The number of benzene rings is 3. The summed E-state index contributed by atoms with van der Waals surface area (Å²) in [6.45, 7) is 10.0. The Balaban J connectivity index is 1.18. The largest absolute Gasteiger partial charge is 0.457 e. The van der Waals surface area contributed by atoms with E-state index in [2.05, 4.69) is 86.1 Å². The molecule has 352 valence electrons. The zero-order valence-corrected chi connectivity index (χ0v) is 39.6. The van der Waals surface area contributed by atoms with E-state index in [1.807, 2.05) is 24.3 Å². The van der Waals surface area contributed by atoms with Crippen molar-refractivity contribution in [1.29, 1.82) is 0 Å². The molecule has 1 fully saturated rings. The predicted octanol–water partition coefficient (Wildman–Crippen LogP) is 8.92. The summed E-state index contributed by atoms with van der Waals surface area (Å²) < 4.78 is 72.6. The van der Waals surface area contributed by atoms with Crippen molar-refractivity contribution in [2.75, 3.05) is 28.6 Å². The number of allylic oxidation sites excluding steroid dienone is 6. The lowest BCUT2D eigenvalue weighted by Crippen LogP contribution is -2.40. The summed E-state index contributed by atoms with van der Waals surface area (Å²) in [6.07, 6.45) is 13.9. The molecule has 3 aromatic carbocycles.